The first-order chi connectivity index (χ1) is 11.1. The molecule has 3 rings (SSSR count). The predicted octanol–water partition coefficient (Wildman–Crippen LogP) is 3.83. The van der Waals surface area contributed by atoms with E-state index in [0.29, 0.717) is 12.5 Å². The molecule has 122 valence electrons. The van der Waals surface area contributed by atoms with Crippen molar-refractivity contribution in [2.75, 3.05) is 13.1 Å². The van der Waals surface area contributed by atoms with Gasteiger partial charge in [-0.25, -0.2) is 0 Å². The fourth-order valence-corrected chi connectivity index (χ4v) is 3.94. The van der Waals surface area contributed by atoms with Gasteiger partial charge in [0.2, 0.25) is 0 Å². The summed E-state index contributed by atoms with van der Waals surface area (Å²) in [4.78, 5) is 17.3. The fraction of sp³-hybridized carbons (Fsp3) is 0.562. The van der Waals surface area contributed by atoms with Crippen LogP contribution in [0.1, 0.15) is 31.4 Å². The second-order valence-electron chi connectivity index (χ2n) is 6.24. The normalized spacial score (nSPS) is 31.0. The molecule has 0 unspecified atom stereocenters. The summed E-state index contributed by atoms with van der Waals surface area (Å²) in [7, 11) is 0. The van der Waals surface area contributed by atoms with Crippen molar-refractivity contribution >= 4 is 21.9 Å². The van der Waals surface area contributed by atoms with Crippen LogP contribution in [0.15, 0.2) is 33.9 Å². The number of carbonyl (C=O) groups excluding carboxylic acids is 1. The van der Waals surface area contributed by atoms with Crippen LogP contribution in [0, 0.1) is 5.92 Å². The molecular formula is C16H19BrN4O2. The standard InChI is InChI=1S/C16H19BrN4O2/c1-10-2-7-14-16(22)23-13(8-19-20-18)9-21(14)15(10)11-3-5-12(17)6-4-11/h3-6,10,13-15H,2,7-9H2,1H3/t10-,13+,14+,15-/m1/s1. The van der Waals surface area contributed by atoms with Crippen LogP contribution < -0.4 is 0 Å². The minimum Gasteiger partial charge on any atom is -0.460 e. The Morgan fingerprint density at radius 1 is 1.39 bits per heavy atom. The average Bonchev–Trinajstić information content (AvgIpc) is 2.54. The Bertz CT molecular complexity index is 629. The highest BCUT2D eigenvalue weighted by Gasteiger charge is 2.44. The first-order valence-electron chi connectivity index (χ1n) is 7.82. The molecule has 1 aromatic carbocycles. The highest BCUT2D eigenvalue weighted by Crippen LogP contribution is 2.41. The SMILES string of the molecule is C[C@@H]1CC[C@H]2C(=O)O[C@@H](CN=[N+]=[N-])CN2[C@H]1c1ccc(Br)cc1. The zero-order valence-corrected chi connectivity index (χ0v) is 14.5. The molecule has 0 amide bonds. The molecule has 23 heavy (non-hydrogen) atoms. The van der Waals surface area contributed by atoms with Gasteiger partial charge in [-0.15, -0.1) is 0 Å². The van der Waals surface area contributed by atoms with Gasteiger partial charge in [-0.05, 0) is 42.0 Å². The van der Waals surface area contributed by atoms with Gasteiger partial charge in [0.15, 0.2) is 0 Å². The number of rotatable bonds is 3. The maximum atomic E-state index is 12.3. The van der Waals surface area contributed by atoms with Crippen LogP contribution in [-0.4, -0.2) is 36.1 Å². The quantitative estimate of drug-likeness (QED) is 0.347. The van der Waals surface area contributed by atoms with Crippen molar-refractivity contribution in [1.29, 1.82) is 0 Å². The van der Waals surface area contributed by atoms with E-state index in [2.05, 4.69) is 49.9 Å². The van der Waals surface area contributed by atoms with E-state index in [4.69, 9.17) is 10.3 Å². The van der Waals surface area contributed by atoms with Gasteiger partial charge in [0, 0.05) is 22.0 Å². The summed E-state index contributed by atoms with van der Waals surface area (Å²) in [6.45, 7) is 3.03. The third kappa shape index (κ3) is 3.37. The van der Waals surface area contributed by atoms with E-state index in [1.54, 1.807) is 0 Å². The van der Waals surface area contributed by atoms with Crippen LogP contribution in [0.25, 0.3) is 10.4 Å². The number of esters is 1. The number of azide groups is 1. The van der Waals surface area contributed by atoms with E-state index < -0.39 is 0 Å². The third-order valence-electron chi connectivity index (χ3n) is 4.72. The van der Waals surface area contributed by atoms with Crippen molar-refractivity contribution in [3.05, 3.63) is 44.7 Å². The second kappa shape index (κ2) is 6.91. The van der Waals surface area contributed by atoms with Gasteiger partial charge in [0.1, 0.15) is 12.1 Å². The molecule has 6 nitrogen and oxygen atoms in total. The number of fused-ring (bicyclic) bond motifs is 1. The largest absolute Gasteiger partial charge is 0.460 e. The molecule has 2 saturated heterocycles. The van der Waals surface area contributed by atoms with E-state index in [9.17, 15) is 4.79 Å². The van der Waals surface area contributed by atoms with E-state index in [1.165, 1.54) is 5.56 Å². The first kappa shape index (κ1) is 16.3. The highest BCUT2D eigenvalue weighted by molar-refractivity contribution is 9.10. The summed E-state index contributed by atoms with van der Waals surface area (Å²) in [5, 5.41) is 3.57. The van der Waals surface area contributed by atoms with Crippen molar-refractivity contribution in [3.63, 3.8) is 0 Å². The summed E-state index contributed by atoms with van der Waals surface area (Å²) in [6.07, 6.45) is 1.46. The first-order valence-corrected chi connectivity index (χ1v) is 8.62. The van der Waals surface area contributed by atoms with Gasteiger partial charge in [0.25, 0.3) is 0 Å². The third-order valence-corrected chi connectivity index (χ3v) is 5.25. The Morgan fingerprint density at radius 3 is 2.83 bits per heavy atom. The molecule has 0 bridgehead atoms. The monoisotopic (exact) mass is 378 g/mol. The predicted molar refractivity (Wildman–Crippen MR) is 89.7 cm³/mol. The molecule has 2 aliphatic rings. The number of carbonyl (C=O) groups is 1. The summed E-state index contributed by atoms with van der Waals surface area (Å²) in [5.74, 6) is 0.266. The van der Waals surface area contributed by atoms with E-state index >= 15 is 0 Å². The minimum atomic E-state index is -0.363. The van der Waals surface area contributed by atoms with Crippen LogP contribution in [0.3, 0.4) is 0 Å². The van der Waals surface area contributed by atoms with Crippen molar-refractivity contribution in [1.82, 2.24) is 4.90 Å². The van der Waals surface area contributed by atoms with Gasteiger partial charge in [-0.3, -0.25) is 9.69 Å². The summed E-state index contributed by atoms with van der Waals surface area (Å²) in [5.41, 5.74) is 9.70. The summed E-state index contributed by atoms with van der Waals surface area (Å²) in [6, 6.07) is 8.27. The molecule has 0 aliphatic carbocycles. The second-order valence-corrected chi connectivity index (χ2v) is 7.15. The topological polar surface area (TPSA) is 78.3 Å². The van der Waals surface area contributed by atoms with Crippen LogP contribution in [0.4, 0.5) is 0 Å². The molecule has 0 spiro atoms. The van der Waals surface area contributed by atoms with Gasteiger partial charge < -0.3 is 4.74 Å². The van der Waals surface area contributed by atoms with Crippen molar-refractivity contribution in [2.24, 2.45) is 11.0 Å². The number of ether oxygens (including phenoxy) is 1. The van der Waals surface area contributed by atoms with E-state index in [0.717, 1.165) is 17.3 Å². The Hall–Kier alpha value is -1.56. The van der Waals surface area contributed by atoms with Crippen LogP contribution in [0.5, 0.6) is 0 Å². The number of morpholine rings is 1. The van der Waals surface area contributed by atoms with Crippen LogP contribution in [-0.2, 0) is 9.53 Å². The molecule has 0 saturated carbocycles. The lowest BCUT2D eigenvalue weighted by atomic mass is 9.82. The molecule has 2 heterocycles. The number of halogens is 1. The van der Waals surface area contributed by atoms with E-state index in [-0.39, 0.29) is 30.7 Å². The Labute approximate surface area is 143 Å². The maximum absolute atomic E-state index is 12.3. The zero-order chi connectivity index (χ0) is 16.4. The maximum Gasteiger partial charge on any atom is 0.323 e. The number of benzene rings is 1. The fourth-order valence-electron chi connectivity index (χ4n) is 3.68. The van der Waals surface area contributed by atoms with Gasteiger partial charge >= 0.3 is 5.97 Å². The van der Waals surface area contributed by atoms with Gasteiger partial charge in [-0.1, -0.05) is 40.1 Å². The molecular weight excluding hydrogens is 360 g/mol. The molecule has 2 fully saturated rings. The van der Waals surface area contributed by atoms with E-state index in [1.807, 2.05) is 12.1 Å². The lowest BCUT2D eigenvalue weighted by Gasteiger charge is -2.48. The molecule has 0 radical (unpaired) electrons. The molecule has 0 aromatic heterocycles. The number of nitrogens with zero attached hydrogens (tertiary/aromatic N) is 4. The minimum absolute atomic E-state index is 0.184. The lowest BCUT2D eigenvalue weighted by molar-refractivity contribution is -0.173. The Balaban J connectivity index is 1.88. The smallest absolute Gasteiger partial charge is 0.323 e. The van der Waals surface area contributed by atoms with Crippen molar-refractivity contribution in [3.8, 4) is 0 Å². The molecule has 4 atom stereocenters. The van der Waals surface area contributed by atoms with Gasteiger partial charge in [0.05, 0.1) is 6.54 Å². The van der Waals surface area contributed by atoms with Crippen LogP contribution in [0.2, 0.25) is 0 Å². The number of piperidine rings is 1. The van der Waals surface area contributed by atoms with Crippen molar-refractivity contribution in [2.45, 2.75) is 38.0 Å². The lowest BCUT2D eigenvalue weighted by Crippen LogP contribution is -2.57. The molecule has 1 aromatic rings. The highest BCUT2D eigenvalue weighted by atomic mass is 79.9. The van der Waals surface area contributed by atoms with Gasteiger partial charge in [-0.2, -0.15) is 0 Å². The summed E-state index contributed by atoms with van der Waals surface area (Å²) >= 11 is 3.47. The number of hydrogen-bond donors (Lipinski definition) is 0. The number of hydrogen-bond acceptors (Lipinski definition) is 4. The Kier molecular flexibility index (Phi) is 4.90. The Morgan fingerprint density at radius 2 is 2.13 bits per heavy atom. The zero-order valence-electron chi connectivity index (χ0n) is 12.9. The van der Waals surface area contributed by atoms with Crippen LogP contribution >= 0.6 is 15.9 Å². The average molecular weight is 379 g/mol. The number of cyclic esters (lactones) is 1. The molecule has 7 heteroatoms. The molecule has 2 aliphatic heterocycles. The summed E-state index contributed by atoms with van der Waals surface area (Å²) < 4.78 is 6.49. The van der Waals surface area contributed by atoms with Crippen molar-refractivity contribution < 1.29 is 9.53 Å². The molecule has 0 N–H and O–H groups in total.